The molecule has 2 unspecified atom stereocenters. The SMILES string of the molecule is CCCCCCCC/C=C\CCCCCCCCCC(=O)OCCCCCCCCCCCCCC/C=C\CCCCCCCCCCCCCCC(=O)NC(CO)C(O)CCCCCCCCCCC. The molecule has 0 rings (SSSR count). The molecular weight excluding hydrogens is 875 g/mol. The molecule has 0 aliphatic carbocycles. The normalized spacial score (nSPS) is 12.7. The molecule has 0 aromatic rings. The summed E-state index contributed by atoms with van der Waals surface area (Å²) in [4.78, 5) is 24.5. The molecular formula is C65H125NO5. The zero-order valence-corrected chi connectivity index (χ0v) is 48.0. The lowest BCUT2D eigenvalue weighted by molar-refractivity contribution is -0.143. The minimum atomic E-state index is -0.661. The van der Waals surface area contributed by atoms with Crippen LogP contribution in [0.25, 0.3) is 0 Å². The molecule has 0 radical (unpaired) electrons. The summed E-state index contributed by atoms with van der Waals surface area (Å²) in [6.07, 6.45) is 75.0. The second-order valence-electron chi connectivity index (χ2n) is 22.1. The Morgan fingerprint density at radius 3 is 1.00 bits per heavy atom. The summed E-state index contributed by atoms with van der Waals surface area (Å²) in [5.74, 6) is -0.0235. The Morgan fingerprint density at radius 1 is 0.380 bits per heavy atom. The Bertz CT molecular complexity index is 1110. The minimum Gasteiger partial charge on any atom is -0.466 e. The van der Waals surface area contributed by atoms with Crippen LogP contribution >= 0.6 is 0 Å². The highest BCUT2D eigenvalue weighted by atomic mass is 16.5. The number of esters is 1. The fraction of sp³-hybridized carbons (Fsp3) is 0.908. The topological polar surface area (TPSA) is 95.9 Å². The quantitative estimate of drug-likeness (QED) is 0.0320. The van der Waals surface area contributed by atoms with Crippen LogP contribution in [0.15, 0.2) is 24.3 Å². The Morgan fingerprint density at radius 2 is 0.662 bits per heavy atom. The van der Waals surface area contributed by atoms with Gasteiger partial charge in [-0.15, -0.1) is 0 Å². The number of aliphatic hydroxyl groups excluding tert-OH is 2. The molecule has 1 amide bonds. The van der Waals surface area contributed by atoms with Crippen molar-refractivity contribution in [1.29, 1.82) is 0 Å². The molecule has 71 heavy (non-hydrogen) atoms. The molecule has 3 N–H and O–H groups in total. The van der Waals surface area contributed by atoms with Gasteiger partial charge in [0.2, 0.25) is 5.91 Å². The van der Waals surface area contributed by atoms with Gasteiger partial charge in [-0.3, -0.25) is 9.59 Å². The fourth-order valence-electron chi connectivity index (χ4n) is 10.0. The largest absolute Gasteiger partial charge is 0.466 e. The maximum Gasteiger partial charge on any atom is 0.305 e. The lowest BCUT2D eigenvalue weighted by Crippen LogP contribution is -2.45. The summed E-state index contributed by atoms with van der Waals surface area (Å²) in [5, 5.41) is 23.1. The van der Waals surface area contributed by atoms with E-state index in [-0.39, 0.29) is 18.5 Å². The van der Waals surface area contributed by atoms with Gasteiger partial charge in [-0.05, 0) is 77.0 Å². The Balaban J connectivity index is 3.34. The zero-order valence-electron chi connectivity index (χ0n) is 48.0. The van der Waals surface area contributed by atoms with Crippen molar-refractivity contribution >= 4 is 11.9 Å². The van der Waals surface area contributed by atoms with Crippen molar-refractivity contribution in [2.24, 2.45) is 0 Å². The van der Waals surface area contributed by atoms with Gasteiger partial charge in [-0.25, -0.2) is 0 Å². The van der Waals surface area contributed by atoms with Gasteiger partial charge in [0.25, 0.3) is 0 Å². The molecule has 0 aromatic heterocycles. The van der Waals surface area contributed by atoms with E-state index in [1.54, 1.807) is 0 Å². The number of hydrogen-bond donors (Lipinski definition) is 3. The molecule has 0 bridgehead atoms. The number of carbonyl (C=O) groups excluding carboxylic acids is 2. The summed E-state index contributed by atoms with van der Waals surface area (Å²) in [5.41, 5.74) is 0. The van der Waals surface area contributed by atoms with Gasteiger partial charge in [0.1, 0.15) is 0 Å². The average molecular weight is 1000 g/mol. The van der Waals surface area contributed by atoms with E-state index < -0.39 is 12.1 Å². The predicted octanol–water partition coefficient (Wildman–Crippen LogP) is 20.2. The third kappa shape index (κ3) is 57.5. The highest BCUT2D eigenvalue weighted by Crippen LogP contribution is 2.18. The van der Waals surface area contributed by atoms with Gasteiger partial charge in [0.15, 0.2) is 0 Å². The van der Waals surface area contributed by atoms with Crippen molar-refractivity contribution in [3.8, 4) is 0 Å². The molecule has 0 heterocycles. The lowest BCUT2D eigenvalue weighted by Gasteiger charge is -2.22. The van der Waals surface area contributed by atoms with E-state index in [0.29, 0.717) is 25.9 Å². The van der Waals surface area contributed by atoms with Crippen molar-refractivity contribution in [3.63, 3.8) is 0 Å². The van der Waals surface area contributed by atoms with Crippen LogP contribution in [0, 0.1) is 0 Å². The molecule has 6 nitrogen and oxygen atoms in total. The van der Waals surface area contributed by atoms with Crippen LogP contribution in [0.4, 0.5) is 0 Å². The molecule has 0 aromatic carbocycles. The first kappa shape index (κ1) is 69.3. The van der Waals surface area contributed by atoms with Gasteiger partial charge >= 0.3 is 5.97 Å². The summed E-state index contributed by atoms with van der Waals surface area (Å²) >= 11 is 0. The highest BCUT2D eigenvalue weighted by molar-refractivity contribution is 5.76. The summed E-state index contributed by atoms with van der Waals surface area (Å²) in [6, 6.07) is -0.539. The van der Waals surface area contributed by atoms with Crippen LogP contribution in [0.3, 0.4) is 0 Å². The Labute approximate surface area is 443 Å². The molecule has 0 saturated carbocycles. The number of carbonyl (C=O) groups is 2. The maximum atomic E-state index is 12.4. The van der Waals surface area contributed by atoms with E-state index in [1.165, 1.54) is 276 Å². The summed E-state index contributed by atoms with van der Waals surface area (Å²) < 4.78 is 5.50. The van der Waals surface area contributed by atoms with Gasteiger partial charge in [-0.1, -0.05) is 289 Å². The monoisotopic (exact) mass is 1000 g/mol. The molecule has 0 fully saturated rings. The van der Waals surface area contributed by atoms with Crippen LogP contribution in [-0.2, 0) is 14.3 Å². The fourth-order valence-corrected chi connectivity index (χ4v) is 10.0. The van der Waals surface area contributed by atoms with E-state index in [4.69, 9.17) is 4.74 Å². The number of rotatable bonds is 60. The number of nitrogens with one attached hydrogen (secondary N) is 1. The number of amides is 1. The highest BCUT2D eigenvalue weighted by Gasteiger charge is 2.20. The number of unbranched alkanes of at least 4 members (excludes halogenated alkanes) is 45. The van der Waals surface area contributed by atoms with E-state index in [1.807, 2.05) is 0 Å². The van der Waals surface area contributed by atoms with Crippen LogP contribution in [0.5, 0.6) is 0 Å². The Hall–Kier alpha value is -1.66. The Kier molecular flexibility index (Phi) is 59.5. The van der Waals surface area contributed by atoms with Gasteiger partial charge in [0, 0.05) is 12.8 Å². The van der Waals surface area contributed by atoms with E-state index in [2.05, 4.69) is 43.5 Å². The summed E-state index contributed by atoms with van der Waals surface area (Å²) in [7, 11) is 0. The van der Waals surface area contributed by atoms with Crippen molar-refractivity contribution in [2.75, 3.05) is 13.2 Å². The van der Waals surface area contributed by atoms with Crippen LogP contribution in [-0.4, -0.2) is 47.4 Å². The first-order valence-corrected chi connectivity index (χ1v) is 32.1. The molecule has 0 aliphatic rings. The molecule has 0 spiro atoms. The van der Waals surface area contributed by atoms with Crippen LogP contribution in [0.1, 0.15) is 354 Å². The number of hydrogen-bond acceptors (Lipinski definition) is 5. The summed E-state index contributed by atoms with van der Waals surface area (Å²) in [6.45, 7) is 4.94. The van der Waals surface area contributed by atoms with Crippen LogP contribution < -0.4 is 5.32 Å². The van der Waals surface area contributed by atoms with Gasteiger partial charge < -0.3 is 20.3 Å². The standard InChI is InChI=1S/C65H125NO5/c1-3-5-7-9-11-13-14-15-16-29-33-36-39-43-47-51-55-59-65(70)71-60-56-52-48-44-40-37-34-31-28-26-24-22-20-18-17-19-21-23-25-27-30-32-35-38-42-46-50-54-58-64(69)66-62(61-67)63(68)57-53-49-45-41-12-10-8-6-4-2/h15-18,62-63,67-68H,3-14,19-61H2,1-2H3,(H,66,69)/b16-15-,18-17-. The third-order valence-electron chi connectivity index (χ3n) is 15.0. The number of allylic oxidation sites excluding steroid dienone is 4. The molecule has 2 atom stereocenters. The first-order chi connectivity index (χ1) is 35.0. The first-order valence-electron chi connectivity index (χ1n) is 32.1. The third-order valence-corrected chi connectivity index (χ3v) is 15.0. The van der Waals surface area contributed by atoms with Crippen molar-refractivity contribution in [2.45, 2.75) is 366 Å². The second-order valence-corrected chi connectivity index (χ2v) is 22.1. The average Bonchev–Trinajstić information content (AvgIpc) is 3.37. The van der Waals surface area contributed by atoms with Gasteiger partial charge in [-0.2, -0.15) is 0 Å². The second kappa shape index (κ2) is 60.9. The van der Waals surface area contributed by atoms with Gasteiger partial charge in [0.05, 0.1) is 25.4 Å². The molecule has 6 heteroatoms. The maximum absolute atomic E-state index is 12.4. The smallest absolute Gasteiger partial charge is 0.305 e. The lowest BCUT2D eigenvalue weighted by atomic mass is 10.0. The molecule has 0 saturated heterocycles. The van der Waals surface area contributed by atoms with E-state index in [0.717, 1.165) is 44.9 Å². The molecule has 0 aliphatic heterocycles. The van der Waals surface area contributed by atoms with E-state index in [9.17, 15) is 19.8 Å². The van der Waals surface area contributed by atoms with Crippen molar-refractivity contribution in [1.82, 2.24) is 5.32 Å². The molecule has 420 valence electrons. The van der Waals surface area contributed by atoms with Crippen molar-refractivity contribution in [3.05, 3.63) is 24.3 Å². The van der Waals surface area contributed by atoms with E-state index >= 15 is 0 Å². The van der Waals surface area contributed by atoms with Crippen LogP contribution in [0.2, 0.25) is 0 Å². The number of ether oxygens (including phenoxy) is 1. The minimum absolute atomic E-state index is 0.0128. The van der Waals surface area contributed by atoms with Crippen molar-refractivity contribution < 1.29 is 24.5 Å². The zero-order chi connectivity index (χ0) is 51.4. The predicted molar refractivity (Wildman–Crippen MR) is 310 cm³/mol. The number of aliphatic hydroxyl groups is 2.